The van der Waals surface area contributed by atoms with Crippen LogP contribution in [0.15, 0.2) is 64.0 Å². The summed E-state index contributed by atoms with van der Waals surface area (Å²) >= 11 is 0. The van der Waals surface area contributed by atoms with Crippen molar-refractivity contribution in [1.82, 2.24) is 9.78 Å². The molecule has 0 aliphatic carbocycles. The van der Waals surface area contributed by atoms with Crippen molar-refractivity contribution in [3.8, 4) is 11.5 Å². The summed E-state index contributed by atoms with van der Waals surface area (Å²) in [7, 11) is 0. The molecule has 0 radical (unpaired) electrons. The number of aromatic nitrogens is 2. The second kappa shape index (κ2) is 7.17. The quantitative estimate of drug-likeness (QED) is 0.775. The molecule has 6 heteroatoms. The molecule has 0 bridgehead atoms. The Morgan fingerprint density at radius 1 is 1.20 bits per heavy atom. The molecule has 128 valence electrons. The van der Waals surface area contributed by atoms with Gasteiger partial charge in [0.15, 0.2) is 5.76 Å². The van der Waals surface area contributed by atoms with E-state index >= 15 is 0 Å². The van der Waals surface area contributed by atoms with E-state index in [4.69, 9.17) is 4.42 Å². The molecule has 0 spiro atoms. The average molecular weight is 337 g/mol. The van der Waals surface area contributed by atoms with E-state index < -0.39 is 6.04 Å². The van der Waals surface area contributed by atoms with Gasteiger partial charge in [0, 0.05) is 11.8 Å². The monoisotopic (exact) mass is 337 g/mol. The number of aryl methyl sites for hydroxylation is 1. The van der Waals surface area contributed by atoms with Crippen molar-refractivity contribution in [1.29, 1.82) is 0 Å². The normalized spacial score (nSPS) is 11.9. The number of benzene rings is 1. The number of furan rings is 1. The van der Waals surface area contributed by atoms with E-state index in [0.29, 0.717) is 17.1 Å². The van der Waals surface area contributed by atoms with E-state index in [1.54, 1.807) is 25.1 Å². The summed E-state index contributed by atoms with van der Waals surface area (Å²) in [5.74, 6) is 0.229. The number of hydrogen-bond acceptors (Lipinski definition) is 4. The maximum Gasteiger partial charge on any atom is 0.267 e. The van der Waals surface area contributed by atoms with Gasteiger partial charge in [-0.2, -0.15) is 5.10 Å². The minimum absolute atomic E-state index is 0.310. The van der Waals surface area contributed by atoms with Gasteiger partial charge in [0.1, 0.15) is 11.7 Å². The van der Waals surface area contributed by atoms with Gasteiger partial charge in [0.25, 0.3) is 5.56 Å². The molecule has 3 aromatic rings. The van der Waals surface area contributed by atoms with Crippen LogP contribution in [0.3, 0.4) is 0 Å². The number of carbonyl (C=O) groups is 1. The van der Waals surface area contributed by atoms with E-state index in [-0.39, 0.29) is 11.5 Å². The summed E-state index contributed by atoms with van der Waals surface area (Å²) < 4.78 is 6.45. The third kappa shape index (κ3) is 3.68. The Labute approximate surface area is 145 Å². The molecule has 1 amide bonds. The summed E-state index contributed by atoms with van der Waals surface area (Å²) in [4.78, 5) is 24.6. The van der Waals surface area contributed by atoms with Gasteiger partial charge >= 0.3 is 0 Å². The first kappa shape index (κ1) is 16.7. The van der Waals surface area contributed by atoms with Crippen molar-refractivity contribution in [3.63, 3.8) is 0 Å². The minimum Gasteiger partial charge on any atom is -0.463 e. The van der Waals surface area contributed by atoms with Gasteiger partial charge in [-0.3, -0.25) is 9.59 Å². The lowest BCUT2D eigenvalue weighted by Crippen LogP contribution is -2.33. The number of nitrogens with one attached hydrogen (secondary N) is 1. The van der Waals surface area contributed by atoms with Crippen molar-refractivity contribution in [2.45, 2.75) is 26.3 Å². The van der Waals surface area contributed by atoms with Crippen LogP contribution in [0.1, 0.15) is 25.5 Å². The SMILES string of the molecule is CCc1ccc(NC(=O)C(C)n2nc(-c3ccco3)ccc2=O)cc1. The standard InChI is InChI=1S/C19H19N3O3/c1-3-14-6-8-15(9-7-14)20-19(24)13(2)22-18(23)11-10-16(21-22)17-5-4-12-25-17/h4-13H,3H2,1-2H3,(H,20,24). The van der Waals surface area contributed by atoms with Crippen molar-refractivity contribution >= 4 is 11.6 Å². The van der Waals surface area contributed by atoms with Crippen LogP contribution in [0.5, 0.6) is 0 Å². The maximum absolute atomic E-state index is 12.5. The van der Waals surface area contributed by atoms with Crippen molar-refractivity contribution in [3.05, 3.63) is 70.7 Å². The smallest absolute Gasteiger partial charge is 0.267 e. The van der Waals surface area contributed by atoms with E-state index in [9.17, 15) is 9.59 Å². The molecule has 2 aromatic heterocycles. The first-order chi connectivity index (χ1) is 12.1. The van der Waals surface area contributed by atoms with E-state index in [2.05, 4.69) is 17.3 Å². The highest BCUT2D eigenvalue weighted by Crippen LogP contribution is 2.17. The van der Waals surface area contributed by atoms with E-state index in [1.165, 1.54) is 17.9 Å². The highest BCUT2D eigenvalue weighted by molar-refractivity contribution is 5.93. The third-order valence-electron chi connectivity index (χ3n) is 3.97. The Hall–Kier alpha value is -3.15. The number of nitrogens with zero attached hydrogens (tertiary/aromatic N) is 2. The fourth-order valence-corrected chi connectivity index (χ4v) is 2.44. The summed E-state index contributed by atoms with van der Waals surface area (Å²) in [5.41, 5.74) is 2.02. The van der Waals surface area contributed by atoms with Crippen LogP contribution >= 0.6 is 0 Å². The number of hydrogen-bond donors (Lipinski definition) is 1. The van der Waals surface area contributed by atoms with Gasteiger partial charge in [0.2, 0.25) is 5.91 Å². The van der Waals surface area contributed by atoms with Crippen LogP contribution < -0.4 is 10.9 Å². The van der Waals surface area contributed by atoms with E-state index in [1.807, 2.05) is 24.3 Å². The molecule has 25 heavy (non-hydrogen) atoms. The molecule has 0 saturated carbocycles. The number of amides is 1. The van der Waals surface area contributed by atoms with Gasteiger partial charge in [-0.1, -0.05) is 19.1 Å². The van der Waals surface area contributed by atoms with Gasteiger partial charge in [-0.15, -0.1) is 0 Å². The summed E-state index contributed by atoms with van der Waals surface area (Å²) in [6, 6.07) is 13.3. The van der Waals surface area contributed by atoms with Crippen LogP contribution in [-0.2, 0) is 11.2 Å². The predicted octanol–water partition coefficient (Wildman–Crippen LogP) is 3.27. The van der Waals surface area contributed by atoms with Crippen molar-refractivity contribution in [2.75, 3.05) is 5.32 Å². The fourth-order valence-electron chi connectivity index (χ4n) is 2.44. The Bertz CT molecular complexity index is 912. The zero-order chi connectivity index (χ0) is 17.8. The average Bonchev–Trinajstić information content (AvgIpc) is 3.17. The van der Waals surface area contributed by atoms with Crippen molar-refractivity contribution < 1.29 is 9.21 Å². The largest absolute Gasteiger partial charge is 0.463 e. The highest BCUT2D eigenvalue weighted by Gasteiger charge is 2.18. The maximum atomic E-state index is 12.5. The molecule has 0 aliphatic rings. The van der Waals surface area contributed by atoms with Crippen LogP contribution in [0.25, 0.3) is 11.5 Å². The molecular formula is C19H19N3O3. The molecular weight excluding hydrogens is 318 g/mol. The number of rotatable bonds is 5. The molecule has 1 aromatic carbocycles. The molecule has 2 heterocycles. The summed E-state index contributed by atoms with van der Waals surface area (Å²) in [5, 5.41) is 7.07. The summed E-state index contributed by atoms with van der Waals surface area (Å²) in [6.45, 7) is 3.70. The number of anilines is 1. The second-order valence-electron chi connectivity index (χ2n) is 5.69. The fraction of sp³-hybridized carbons (Fsp3) is 0.211. The zero-order valence-electron chi connectivity index (χ0n) is 14.1. The predicted molar refractivity (Wildman–Crippen MR) is 95.4 cm³/mol. The van der Waals surface area contributed by atoms with Gasteiger partial charge in [-0.25, -0.2) is 4.68 Å². The Kier molecular flexibility index (Phi) is 4.79. The first-order valence-electron chi connectivity index (χ1n) is 8.12. The molecule has 3 rings (SSSR count). The lowest BCUT2D eigenvalue weighted by Gasteiger charge is -2.14. The second-order valence-corrected chi connectivity index (χ2v) is 5.69. The lowest BCUT2D eigenvalue weighted by atomic mass is 10.1. The Balaban J connectivity index is 1.81. The first-order valence-corrected chi connectivity index (χ1v) is 8.12. The van der Waals surface area contributed by atoms with Crippen LogP contribution in [0.4, 0.5) is 5.69 Å². The molecule has 0 saturated heterocycles. The molecule has 1 unspecified atom stereocenters. The molecule has 0 aliphatic heterocycles. The Morgan fingerprint density at radius 2 is 1.96 bits per heavy atom. The molecule has 0 fully saturated rings. The topological polar surface area (TPSA) is 77.1 Å². The van der Waals surface area contributed by atoms with Gasteiger partial charge in [-0.05, 0) is 49.2 Å². The zero-order valence-corrected chi connectivity index (χ0v) is 14.1. The number of carbonyl (C=O) groups excluding carboxylic acids is 1. The van der Waals surface area contributed by atoms with Crippen LogP contribution in [0.2, 0.25) is 0 Å². The van der Waals surface area contributed by atoms with Crippen LogP contribution in [-0.4, -0.2) is 15.7 Å². The molecule has 6 nitrogen and oxygen atoms in total. The minimum atomic E-state index is -0.756. The van der Waals surface area contributed by atoms with E-state index in [0.717, 1.165) is 11.1 Å². The Morgan fingerprint density at radius 3 is 2.60 bits per heavy atom. The van der Waals surface area contributed by atoms with Gasteiger partial charge < -0.3 is 9.73 Å². The highest BCUT2D eigenvalue weighted by atomic mass is 16.3. The third-order valence-corrected chi connectivity index (χ3v) is 3.97. The molecule has 1 N–H and O–H groups in total. The van der Waals surface area contributed by atoms with Crippen molar-refractivity contribution in [2.24, 2.45) is 0 Å². The summed E-state index contributed by atoms with van der Waals surface area (Å²) in [6.07, 6.45) is 2.46. The van der Waals surface area contributed by atoms with Crippen LogP contribution in [0, 0.1) is 0 Å². The molecule has 1 atom stereocenters. The van der Waals surface area contributed by atoms with Gasteiger partial charge in [0.05, 0.1) is 6.26 Å². The lowest BCUT2D eigenvalue weighted by molar-refractivity contribution is -0.119.